The first-order valence-corrected chi connectivity index (χ1v) is 10.1. The lowest BCUT2D eigenvalue weighted by atomic mass is 9.88. The fraction of sp³-hybridized carbons (Fsp3) is 0.619. The lowest BCUT2D eigenvalue weighted by Gasteiger charge is -2.20. The van der Waals surface area contributed by atoms with E-state index in [-0.39, 0.29) is 30.1 Å². The van der Waals surface area contributed by atoms with Crippen LogP contribution in [0.1, 0.15) is 56.9 Å². The van der Waals surface area contributed by atoms with Crippen LogP contribution in [0.4, 0.5) is 5.69 Å². The van der Waals surface area contributed by atoms with Gasteiger partial charge in [0.1, 0.15) is 0 Å². The number of carbonyl (C=O) groups is 2. The number of rotatable bonds is 7. The highest BCUT2D eigenvalue weighted by Gasteiger charge is 2.21. The third kappa shape index (κ3) is 7.15. The molecule has 27 heavy (non-hydrogen) atoms. The largest absolute Gasteiger partial charge is 0.352 e. The minimum Gasteiger partial charge on any atom is -0.352 e. The number of hydrogen-bond acceptors (Lipinski definition) is 3. The normalized spacial score (nSPS) is 19.9. The fourth-order valence-electron chi connectivity index (χ4n) is 3.95. The number of amides is 2. The Morgan fingerprint density at radius 2 is 1.93 bits per heavy atom. The Labute approximate surface area is 168 Å². The van der Waals surface area contributed by atoms with Crippen LogP contribution in [-0.2, 0) is 16.1 Å². The molecule has 2 aliphatic rings. The summed E-state index contributed by atoms with van der Waals surface area (Å²) in [6, 6.07) is 7.79. The van der Waals surface area contributed by atoms with Crippen molar-refractivity contribution in [3.05, 3.63) is 29.8 Å². The first-order chi connectivity index (χ1) is 12.7. The van der Waals surface area contributed by atoms with Crippen molar-refractivity contribution in [3.63, 3.8) is 0 Å². The smallest absolute Gasteiger partial charge is 0.227 e. The molecule has 0 radical (unpaired) electrons. The number of halogens is 1. The van der Waals surface area contributed by atoms with Gasteiger partial charge in [0, 0.05) is 24.6 Å². The molecule has 150 valence electrons. The molecule has 1 aliphatic carbocycles. The van der Waals surface area contributed by atoms with Crippen molar-refractivity contribution in [2.24, 2.45) is 11.8 Å². The van der Waals surface area contributed by atoms with Gasteiger partial charge < -0.3 is 16.0 Å². The van der Waals surface area contributed by atoms with Crippen molar-refractivity contribution in [3.8, 4) is 0 Å². The van der Waals surface area contributed by atoms with Gasteiger partial charge in [-0.05, 0) is 62.4 Å². The van der Waals surface area contributed by atoms with Crippen LogP contribution in [0.25, 0.3) is 0 Å². The molecule has 5 nitrogen and oxygen atoms in total. The number of carbonyl (C=O) groups excluding carboxylic acids is 2. The fourth-order valence-corrected chi connectivity index (χ4v) is 3.95. The van der Waals surface area contributed by atoms with Gasteiger partial charge in [-0.25, -0.2) is 0 Å². The van der Waals surface area contributed by atoms with Crippen molar-refractivity contribution in [2.75, 3.05) is 18.4 Å². The van der Waals surface area contributed by atoms with Crippen molar-refractivity contribution in [1.29, 1.82) is 0 Å². The molecule has 1 saturated heterocycles. The third-order valence-corrected chi connectivity index (χ3v) is 5.60. The molecule has 1 aliphatic heterocycles. The Balaban J connectivity index is 0.00000261. The maximum absolute atomic E-state index is 12.4. The van der Waals surface area contributed by atoms with Gasteiger partial charge >= 0.3 is 0 Å². The van der Waals surface area contributed by atoms with E-state index in [1.54, 1.807) is 0 Å². The number of hydrogen-bond donors (Lipinski definition) is 3. The highest BCUT2D eigenvalue weighted by Crippen LogP contribution is 2.25. The van der Waals surface area contributed by atoms with E-state index >= 15 is 0 Å². The quantitative estimate of drug-likeness (QED) is 0.662. The summed E-state index contributed by atoms with van der Waals surface area (Å²) in [5.41, 5.74) is 1.84. The molecule has 0 bridgehead atoms. The minimum atomic E-state index is 0. The van der Waals surface area contributed by atoms with Crippen LogP contribution in [-0.4, -0.2) is 24.9 Å². The Morgan fingerprint density at radius 1 is 1.11 bits per heavy atom. The van der Waals surface area contributed by atoms with E-state index in [2.05, 4.69) is 16.0 Å². The predicted octanol–water partition coefficient (Wildman–Crippen LogP) is 3.63. The van der Waals surface area contributed by atoms with Crippen LogP contribution in [0.15, 0.2) is 24.3 Å². The van der Waals surface area contributed by atoms with Gasteiger partial charge in [0.2, 0.25) is 11.8 Å². The van der Waals surface area contributed by atoms with Crippen LogP contribution in [0.2, 0.25) is 0 Å². The van der Waals surface area contributed by atoms with Gasteiger partial charge in [-0.1, -0.05) is 31.4 Å². The molecule has 2 amide bonds. The zero-order valence-electron chi connectivity index (χ0n) is 16.0. The average Bonchev–Trinajstić information content (AvgIpc) is 3.19. The Kier molecular flexibility index (Phi) is 9.08. The second-order valence-electron chi connectivity index (χ2n) is 7.70. The molecule has 1 heterocycles. The van der Waals surface area contributed by atoms with Crippen LogP contribution in [0.5, 0.6) is 0 Å². The van der Waals surface area contributed by atoms with Crippen LogP contribution >= 0.6 is 12.4 Å². The maximum atomic E-state index is 12.4. The Hall–Kier alpha value is -1.59. The molecule has 3 N–H and O–H groups in total. The Bertz CT molecular complexity index is 611. The van der Waals surface area contributed by atoms with Gasteiger partial charge in [0.05, 0.1) is 0 Å². The molecule has 0 spiro atoms. The minimum absolute atomic E-state index is 0. The van der Waals surface area contributed by atoms with Gasteiger partial charge in [0.25, 0.3) is 0 Å². The van der Waals surface area contributed by atoms with Crippen molar-refractivity contribution in [2.45, 2.75) is 57.9 Å². The van der Waals surface area contributed by atoms with Crippen molar-refractivity contribution >= 4 is 29.9 Å². The molecule has 1 atom stereocenters. The van der Waals surface area contributed by atoms with Crippen molar-refractivity contribution < 1.29 is 9.59 Å². The molecule has 1 saturated carbocycles. The SMILES string of the molecule is Cl.O=C(CCC1CCNC1)NCc1cccc(NC(=O)C2CCCCC2)c1. The first-order valence-electron chi connectivity index (χ1n) is 10.1. The standard InChI is InChI=1S/C21H31N3O2.ClH/c25-20(10-9-16-11-12-22-14-16)23-15-17-5-4-8-19(13-17)24-21(26)18-6-2-1-3-7-18;/h4-5,8,13,16,18,22H,1-3,6-7,9-12,14-15H2,(H,23,25)(H,24,26);1H. The van der Waals surface area contributed by atoms with E-state index in [1.165, 1.54) is 12.8 Å². The summed E-state index contributed by atoms with van der Waals surface area (Å²) in [6.45, 7) is 2.62. The Morgan fingerprint density at radius 3 is 2.67 bits per heavy atom. The number of nitrogens with one attached hydrogen (secondary N) is 3. The zero-order chi connectivity index (χ0) is 18.2. The lowest BCUT2D eigenvalue weighted by molar-refractivity contribution is -0.122. The summed E-state index contributed by atoms with van der Waals surface area (Å²) < 4.78 is 0. The van der Waals surface area contributed by atoms with E-state index in [4.69, 9.17) is 0 Å². The van der Waals surface area contributed by atoms with Crippen LogP contribution < -0.4 is 16.0 Å². The molecule has 1 aromatic carbocycles. The summed E-state index contributed by atoms with van der Waals surface area (Å²) in [7, 11) is 0. The second kappa shape index (κ2) is 11.3. The van der Waals surface area contributed by atoms with Gasteiger partial charge in [0.15, 0.2) is 0 Å². The predicted molar refractivity (Wildman–Crippen MR) is 111 cm³/mol. The van der Waals surface area contributed by atoms with Crippen LogP contribution in [0.3, 0.4) is 0 Å². The average molecular weight is 394 g/mol. The molecule has 0 aromatic heterocycles. The van der Waals surface area contributed by atoms with E-state index in [9.17, 15) is 9.59 Å². The molecule has 2 fully saturated rings. The van der Waals surface area contributed by atoms with E-state index in [0.29, 0.717) is 18.9 Å². The number of anilines is 1. The topological polar surface area (TPSA) is 70.2 Å². The summed E-state index contributed by atoms with van der Waals surface area (Å²) in [5.74, 6) is 1.03. The zero-order valence-corrected chi connectivity index (χ0v) is 16.8. The summed E-state index contributed by atoms with van der Waals surface area (Å²) in [6.07, 6.45) is 8.27. The molecular formula is C21H32ClN3O2. The van der Waals surface area contributed by atoms with E-state index in [1.807, 2.05) is 24.3 Å². The monoisotopic (exact) mass is 393 g/mol. The highest BCUT2D eigenvalue weighted by atomic mass is 35.5. The summed E-state index contributed by atoms with van der Waals surface area (Å²) in [4.78, 5) is 24.4. The third-order valence-electron chi connectivity index (χ3n) is 5.60. The summed E-state index contributed by atoms with van der Waals surface area (Å²) >= 11 is 0. The first kappa shape index (κ1) is 21.7. The molecule has 6 heteroatoms. The molecule has 3 rings (SSSR count). The molecular weight excluding hydrogens is 362 g/mol. The number of benzene rings is 1. The second-order valence-corrected chi connectivity index (χ2v) is 7.70. The summed E-state index contributed by atoms with van der Waals surface area (Å²) in [5, 5.41) is 9.37. The van der Waals surface area contributed by atoms with Gasteiger partial charge in [-0.3, -0.25) is 9.59 Å². The van der Waals surface area contributed by atoms with Crippen molar-refractivity contribution in [1.82, 2.24) is 10.6 Å². The van der Waals surface area contributed by atoms with Gasteiger partial charge in [-0.2, -0.15) is 0 Å². The van der Waals surface area contributed by atoms with E-state index < -0.39 is 0 Å². The van der Waals surface area contributed by atoms with E-state index in [0.717, 1.165) is 56.4 Å². The maximum Gasteiger partial charge on any atom is 0.227 e. The highest BCUT2D eigenvalue weighted by molar-refractivity contribution is 5.92. The van der Waals surface area contributed by atoms with Crippen LogP contribution in [0, 0.1) is 11.8 Å². The molecule has 1 unspecified atom stereocenters. The lowest BCUT2D eigenvalue weighted by Crippen LogP contribution is -2.25. The molecule has 1 aromatic rings. The van der Waals surface area contributed by atoms with Gasteiger partial charge in [-0.15, -0.1) is 12.4 Å².